The summed E-state index contributed by atoms with van der Waals surface area (Å²) in [7, 11) is -4.40. The molecule has 2 rings (SSSR count). The predicted molar refractivity (Wildman–Crippen MR) is 68.6 cm³/mol. The predicted octanol–water partition coefficient (Wildman–Crippen LogP) is 0.228. The molecule has 0 radical (unpaired) electrons. The number of amides is 1. The van der Waals surface area contributed by atoms with E-state index in [1.807, 2.05) is 0 Å². The molecule has 116 valence electrons. The lowest BCUT2D eigenvalue weighted by molar-refractivity contribution is -0.130. The maximum atomic E-state index is 13.7. The second kappa shape index (κ2) is 5.66. The quantitative estimate of drug-likeness (QED) is 0.863. The van der Waals surface area contributed by atoms with Crippen molar-refractivity contribution in [1.82, 2.24) is 4.31 Å². The van der Waals surface area contributed by atoms with Crippen molar-refractivity contribution in [2.45, 2.75) is 24.0 Å². The highest BCUT2D eigenvalue weighted by molar-refractivity contribution is 7.89. The number of hydrogen-bond acceptors (Lipinski definition) is 4. The SMILES string of the molecule is C[C@H]1OCCN(S(=O)(=O)c2cccc(F)c2F)[C@@H]1C(N)=O. The van der Waals surface area contributed by atoms with Gasteiger partial charge in [0.1, 0.15) is 10.9 Å². The normalized spacial score (nSPS) is 24.0. The third kappa shape index (κ3) is 2.76. The minimum atomic E-state index is -4.40. The molecule has 1 saturated heterocycles. The number of rotatable bonds is 3. The minimum absolute atomic E-state index is 0.0289. The van der Waals surface area contributed by atoms with Crippen LogP contribution in [0.2, 0.25) is 0 Å². The molecule has 0 aromatic heterocycles. The van der Waals surface area contributed by atoms with E-state index < -0.39 is 44.6 Å². The average molecular weight is 320 g/mol. The summed E-state index contributed by atoms with van der Waals surface area (Å²) >= 11 is 0. The number of hydrogen-bond donors (Lipinski definition) is 1. The lowest BCUT2D eigenvalue weighted by atomic mass is 10.1. The third-order valence-corrected chi connectivity index (χ3v) is 5.14. The van der Waals surface area contributed by atoms with Crippen molar-refractivity contribution in [2.24, 2.45) is 5.73 Å². The second-order valence-corrected chi connectivity index (χ2v) is 6.45. The Kier molecular flexibility index (Phi) is 4.26. The molecule has 21 heavy (non-hydrogen) atoms. The summed E-state index contributed by atoms with van der Waals surface area (Å²) in [5.41, 5.74) is 5.20. The maximum absolute atomic E-state index is 13.7. The Morgan fingerprint density at radius 2 is 2.10 bits per heavy atom. The monoisotopic (exact) mass is 320 g/mol. The van der Waals surface area contributed by atoms with Crippen LogP contribution >= 0.6 is 0 Å². The Balaban J connectivity index is 2.51. The summed E-state index contributed by atoms with van der Waals surface area (Å²) in [6, 6.07) is 1.55. The number of carbonyl (C=O) groups is 1. The molecule has 0 spiro atoms. The van der Waals surface area contributed by atoms with E-state index in [1.54, 1.807) is 0 Å². The maximum Gasteiger partial charge on any atom is 0.247 e. The van der Waals surface area contributed by atoms with Gasteiger partial charge in [0.2, 0.25) is 15.9 Å². The van der Waals surface area contributed by atoms with E-state index in [0.717, 1.165) is 22.5 Å². The summed E-state index contributed by atoms with van der Waals surface area (Å²) in [4.78, 5) is 10.6. The van der Waals surface area contributed by atoms with Gasteiger partial charge in [-0.2, -0.15) is 4.31 Å². The van der Waals surface area contributed by atoms with Gasteiger partial charge < -0.3 is 10.5 Å². The number of sulfonamides is 1. The Morgan fingerprint density at radius 1 is 1.43 bits per heavy atom. The van der Waals surface area contributed by atoms with Crippen molar-refractivity contribution < 1.29 is 26.7 Å². The molecule has 2 atom stereocenters. The van der Waals surface area contributed by atoms with E-state index in [-0.39, 0.29) is 13.2 Å². The molecular formula is C12H14F2N2O4S. The van der Waals surface area contributed by atoms with Crippen LogP contribution in [-0.4, -0.2) is 43.9 Å². The van der Waals surface area contributed by atoms with Crippen LogP contribution in [0.15, 0.2) is 23.1 Å². The van der Waals surface area contributed by atoms with Gasteiger partial charge in [0.05, 0.1) is 12.7 Å². The molecule has 0 unspecified atom stereocenters. The van der Waals surface area contributed by atoms with Gasteiger partial charge in [0, 0.05) is 6.54 Å². The largest absolute Gasteiger partial charge is 0.375 e. The first-order chi connectivity index (χ1) is 9.76. The number of morpholine rings is 1. The first-order valence-electron chi connectivity index (χ1n) is 6.13. The summed E-state index contributed by atoms with van der Waals surface area (Å²) in [6.07, 6.45) is -0.775. The molecule has 1 aromatic carbocycles. The first kappa shape index (κ1) is 15.8. The fourth-order valence-electron chi connectivity index (χ4n) is 2.25. The molecule has 1 aliphatic rings. The van der Waals surface area contributed by atoms with Crippen LogP contribution in [0.1, 0.15) is 6.92 Å². The van der Waals surface area contributed by atoms with E-state index in [9.17, 15) is 22.0 Å². The van der Waals surface area contributed by atoms with Gasteiger partial charge in [-0.05, 0) is 19.1 Å². The molecule has 9 heteroatoms. The van der Waals surface area contributed by atoms with Crippen LogP contribution in [0.4, 0.5) is 8.78 Å². The molecule has 0 saturated carbocycles. The van der Waals surface area contributed by atoms with Gasteiger partial charge in [0.25, 0.3) is 0 Å². The number of carbonyl (C=O) groups excluding carboxylic acids is 1. The lowest BCUT2D eigenvalue weighted by Crippen LogP contribution is -2.58. The van der Waals surface area contributed by atoms with Crippen molar-refractivity contribution in [3.8, 4) is 0 Å². The summed E-state index contributed by atoms with van der Waals surface area (Å²) in [5.74, 6) is -3.68. The Hall–Kier alpha value is -1.58. The first-order valence-corrected chi connectivity index (χ1v) is 7.57. The topological polar surface area (TPSA) is 89.7 Å². The fraction of sp³-hybridized carbons (Fsp3) is 0.417. The van der Waals surface area contributed by atoms with Gasteiger partial charge in [-0.3, -0.25) is 4.79 Å². The van der Waals surface area contributed by atoms with Gasteiger partial charge in [-0.1, -0.05) is 6.07 Å². The Bertz CT molecular complexity index is 665. The summed E-state index contributed by atoms with van der Waals surface area (Å²) < 4.78 is 57.9. The zero-order valence-electron chi connectivity index (χ0n) is 11.1. The summed E-state index contributed by atoms with van der Waals surface area (Å²) in [6.45, 7) is 1.34. The molecule has 1 aromatic rings. The van der Waals surface area contributed by atoms with Gasteiger partial charge >= 0.3 is 0 Å². The number of halogens is 2. The molecule has 1 heterocycles. The third-order valence-electron chi connectivity index (χ3n) is 3.24. The van der Waals surface area contributed by atoms with E-state index in [4.69, 9.17) is 10.5 Å². The molecule has 2 N–H and O–H groups in total. The number of benzene rings is 1. The lowest BCUT2D eigenvalue weighted by Gasteiger charge is -2.36. The molecule has 1 aliphatic heterocycles. The highest BCUT2D eigenvalue weighted by Gasteiger charge is 2.42. The van der Waals surface area contributed by atoms with Crippen molar-refractivity contribution in [2.75, 3.05) is 13.2 Å². The van der Waals surface area contributed by atoms with Crippen molar-refractivity contribution in [1.29, 1.82) is 0 Å². The average Bonchev–Trinajstić information content (AvgIpc) is 2.41. The minimum Gasteiger partial charge on any atom is -0.375 e. The van der Waals surface area contributed by atoms with Crippen molar-refractivity contribution in [3.63, 3.8) is 0 Å². The molecule has 1 fully saturated rings. The number of nitrogens with two attached hydrogens (primary N) is 1. The van der Waals surface area contributed by atoms with E-state index in [1.165, 1.54) is 6.92 Å². The van der Waals surface area contributed by atoms with Crippen molar-refractivity contribution in [3.05, 3.63) is 29.8 Å². The smallest absolute Gasteiger partial charge is 0.247 e. The van der Waals surface area contributed by atoms with Gasteiger partial charge in [-0.15, -0.1) is 0 Å². The molecule has 0 aliphatic carbocycles. The van der Waals surface area contributed by atoms with Gasteiger partial charge in [0.15, 0.2) is 11.6 Å². The van der Waals surface area contributed by atoms with E-state index in [2.05, 4.69) is 0 Å². The zero-order valence-corrected chi connectivity index (χ0v) is 11.9. The molecular weight excluding hydrogens is 306 g/mol. The number of primary amides is 1. The summed E-state index contributed by atoms with van der Waals surface area (Å²) in [5, 5.41) is 0. The number of nitrogens with zero attached hydrogens (tertiary/aromatic N) is 1. The highest BCUT2D eigenvalue weighted by atomic mass is 32.2. The highest BCUT2D eigenvalue weighted by Crippen LogP contribution is 2.26. The zero-order chi connectivity index (χ0) is 15.8. The molecule has 6 nitrogen and oxygen atoms in total. The Labute approximate surface area is 120 Å². The molecule has 0 bridgehead atoms. The number of ether oxygens (including phenoxy) is 1. The van der Waals surface area contributed by atoms with Crippen LogP contribution in [0.5, 0.6) is 0 Å². The van der Waals surface area contributed by atoms with E-state index in [0.29, 0.717) is 0 Å². The standard InChI is InChI=1S/C12H14F2N2O4S/c1-7-11(12(15)17)16(5-6-20-7)21(18,19)9-4-2-3-8(13)10(9)14/h2-4,7,11H,5-6H2,1H3,(H2,15,17)/t7-,11+/m1/s1. The fourth-order valence-corrected chi connectivity index (χ4v) is 3.96. The van der Waals surface area contributed by atoms with E-state index >= 15 is 0 Å². The van der Waals surface area contributed by atoms with Crippen LogP contribution < -0.4 is 5.73 Å². The van der Waals surface area contributed by atoms with Crippen LogP contribution in [0.25, 0.3) is 0 Å². The van der Waals surface area contributed by atoms with Gasteiger partial charge in [-0.25, -0.2) is 17.2 Å². The van der Waals surface area contributed by atoms with Crippen LogP contribution in [0, 0.1) is 11.6 Å². The molecule has 1 amide bonds. The Morgan fingerprint density at radius 3 is 2.71 bits per heavy atom. The van der Waals surface area contributed by atoms with Crippen LogP contribution in [0.3, 0.4) is 0 Å². The second-order valence-electron chi connectivity index (χ2n) is 4.59. The van der Waals surface area contributed by atoms with Crippen LogP contribution in [-0.2, 0) is 19.6 Å². The van der Waals surface area contributed by atoms with Crippen molar-refractivity contribution >= 4 is 15.9 Å².